The molecule has 0 spiro atoms. The number of likely N-dealkylation sites (tertiary alicyclic amines) is 1. The molecule has 0 aliphatic carbocycles. The fraction of sp³-hybridized carbons (Fsp3) is 0.571. The number of aromatic nitrogens is 1. The Morgan fingerprint density at radius 1 is 1.47 bits per heavy atom. The zero-order valence-corrected chi connectivity index (χ0v) is 11.4. The Morgan fingerprint density at radius 3 is 2.79 bits per heavy atom. The highest BCUT2D eigenvalue weighted by atomic mass is 16.1. The summed E-state index contributed by atoms with van der Waals surface area (Å²) < 4.78 is 0. The van der Waals surface area contributed by atoms with Gasteiger partial charge in [-0.05, 0) is 31.5 Å². The number of piperidine rings is 1. The van der Waals surface area contributed by atoms with Crippen molar-refractivity contribution in [2.24, 2.45) is 0 Å². The molecule has 0 radical (unpaired) electrons. The van der Waals surface area contributed by atoms with Crippen LogP contribution in [0.15, 0.2) is 18.3 Å². The average molecular weight is 262 g/mol. The maximum atomic E-state index is 11.9. The van der Waals surface area contributed by atoms with Gasteiger partial charge in [0.2, 0.25) is 5.91 Å². The fourth-order valence-electron chi connectivity index (χ4n) is 2.38. The minimum atomic E-state index is 0.0484. The summed E-state index contributed by atoms with van der Waals surface area (Å²) >= 11 is 0. The van der Waals surface area contributed by atoms with Crippen molar-refractivity contribution in [1.82, 2.24) is 15.2 Å². The summed E-state index contributed by atoms with van der Waals surface area (Å²) in [6.07, 6.45) is 3.99. The third-order valence-electron chi connectivity index (χ3n) is 3.59. The Hall–Kier alpha value is -1.62. The minimum absolute atomic E-state index is 0.0484. The minimum Gasteiger partial charge on any atom is -0.397 e. The molecule has 2 heterocycles. The van der Waals surface area contributed by atoms with Crippen molar-refractivity contribution in [1.29, 1.82) is 0 Å². The molecular weight excluding hydrogens is 240 g/mol. The second-order valence-electron chi connectivity index (χ2n) is 5.04. The lowest BCUT2D eigenvalue weighted by atomic mass is 10.0. The second kappa shape index (κ2) is 6.52. The summed E-state index contributed by atoms with van der Waals surface area (Å²) in [7, 11) is 0. The van der Waals surface area contributed by atoms with Crippen LogP contribution in [-0.4, -0.2) is 41.5 Å². The molecular formula is C14H22N4O. The summed E-state index contributed by atoms with van der Waals surface area (Å²) in [4.78, 5) is 18.5. The van der Waals surface area contributed by atoms with Gasteiger partial charge in [0, 0.05) is 24.8 Å². The molecule has 0 unspecified atom stereocenters. The SMILES string of the molecule is CCN1CCC(NC(=O)Cc2ccc(N)cn2)CC1. The van der Waals surface area contributed by atoms with Crippen LogP contribution in [0, 0.1) is 0 Å². The van der Waals surface area contributed by atoms with Crippen molar-refractivity contribution in [3.05, 3.63) is 24.0 Å². The zero-order chi connectivity index (χ0) is 13.7. The van der Waals surface area contributed by atoms with E-state index in [0.717, 1.165) is 38.2 Å². The van der Waals surface area contributed by atoms with Crippen LogP contribution in [0.4, 0.5) is 5.69 Å². The quantitative estimate of drug-likeness (QED) is 0.842. The van der Waals surface area contributed by atoms with E-state index >= 15 is 0 Å². The van der Waals surface area contributed by atoms with Crippen molar-refractivity contribution in [2.75, 3.05) is 25.4 Å². The van der Waals surface area contributed by atoms with Gasteiger partial charge >= 0.3 is 0 Å². The van der Waals surface area contributed by atoms with E-state index in [9.17, 15) is 4.79 Å². The second-order valence-corrected chi connectivity index (χ2v) is 5.04. The molecule has 1 aliphatic rings. The Morgan fingerprint density at radius 2 is 2.21 bits per heavy atom. The molecule has 0 saturated carbocycles. The maximum absolute atomic E-state index is 11.9. The first kappa shape index (κ1) is 13.8. The van der Waals surface area contributed by atoms with Gasteiger partial charge in [-0.1, -0.05) is 6.92 Å². The average Bonchev–Trinajstić information content (AvgIpc) is 2.42. The first-order chi connectivity index (χ1) is 9.17. The number of anilines is 1. The van der Waals surface area contributed by atoms with E-state index < -0.39 is 0 Å². The first-order valence-electron chi connectivity index (χ1n) is 6.89. The Labute approximate surface area is 114 Å². The Balaban J connectivity index is 1.77. The molecule has 1 saturated heterocycles. The highest BCUT2D eigenvalue weighted by Crippen LogP contribution is 2.10. The smallest absolute Gasteiger partial charge is 0.226 e. The molecule has 1 aliphatic heterocycles. The van der Waals surface area contributed by atoms with Crippen molar-refractivity contribution in [2.45, 2.75) is 32.2 Å². The van der Waals surface area contributed by atoms with E-state index in [0.29, 0.717) is 18.2 Å². The van der Waals surface area contributed by atoms with Gasteiger partial charge in [-0.3, -0.25) is 9.78 Å². The molecule has 2 rings (SSSR count). The van der Waals surface area contributed by atoms with Crippen molar-refractivity contribution < 1.29 is 4.79 Å². The Kier molecular flexibility index (Phi) is 4.74. The number of pyridine rings is 1. The summed E-state index contributed by atoms with van der Waals surface area (Å²) in [5, 5.41) is 3.09. The molecule has 1 fully saturated rings. The van der Waals surface area contributed by atoms with Crippen LogP contribution >= 0.6 is 0 Å². The lowest BCUT2D eigenvalue weighted by Gasteiger charge is -2.31. The van der Waals surface area contributed by atoms with Crippen LogP contribution in [0.25, 0.3) is 0 Å². The number of carbonyl (C=O) groups is 1. The summed E-state index contributed by atoms with van der Waals surface area (Å²) in [5.41, 5.74) is 6.95. The number of hydrogen-bond acceptors (Lipinski definition) is 4. The molecule has 0 atom stereocenters. The highest BCUT2D eigenvalue weighted by Gasteiger charge is 2.19. The number of carbonyl (C=O) groups excluding carboxylic acids is 1. The summed E-state index contributed by atoms with van der Waals surface area (Å²) in [6, 6.07) is 3.88. The molecule has 1 aromatic rings. The largest absolute Gasteiger partial charge is 0.397 e. The van der Waals surface area contributed by atoms with E-state index in [1.807, 2.05) is 0 Å². The lowest BCUT2D eigenvalue weighted by Crippen LogP contribution is -2.44. The van der Waals surface area contributed by atoms with Crippen LogP contribution in [-0.2, 0) is 11.2 Å². The van der Waals surface area contributed by atoms with Crippen molar-refractivity contribution in [3.8, 4) is 0 Å². The van der Waals surface area contributed by atoms with E-state index in [1.54, 1.807) is 18.3 Å². The number of hydrogen-bond donors (Lipinski definition) is 2. The van der Waals surface area contributed by atoms with E-state index in [4.69, 9.17) is 5.73 Å². The third-order valence-corrected chi connectivity index (χ3v) is 3.59. The molecule has 19 heavy (non-hydrogen) atoms. The van der Waals surface area contributed by atoms with Crippen LogP contribution in [0.1, 0.15) is 25.5 Å². The van der Waals surface area contributed by atoms with Gasteiger partial charge in [-0.2, -0.15) is 0 Å². The van der Waals surface area contributed by atoms with Crippen LogP contribution in [0.3, 0.4) is 0 Å². The molecule has 5 nitrogen and oxygen atoms in total. The summed E-state index contributed by atoms with van der Waals surface area (Å²) in [6.45, 7) is 5.41. The third kappa shape index (κ3) is 4.21. The van der Waals surface area contributed by atoms with Crippen LogP contribution in [0.5, 0.6) is 0 Å². The standard InChI is InChI=1S/C14H22N4O/c1-2-18-7-5-12(6-8-18)17-14(19)9-13-4-3-11(15)10-16-13/h3-4,10,12H,2,5-9,15H2,1H3,(H,17,19). The molecule has 1 aromatic heterocycles. The van der Waals surface area contributed by atoms with Gasteiger partial charge in [0.05, 0.1) is 18.3 Å². The Bertz CT molecular complexity index is 410. The molecule has 3 N–H and O–H groups in total. The number of nitrogens with zero attached hydrogens (tertiary/aromatic N) is 2. The monoisotopic (exact) mass is 262 g/mol. The predicted molar refractivity (Wildman–Crippen MR) is 75.6 cm³/mol. The molecule has 0 aromatic carbocycles. The van der Waals surface area contributed by atoms with Crippen molar-refractivity contribution >= 4 is 11.6 Å². The number of rotatable bonds is 4. The maximum Gasteiger partial charge on any atom is 0.226 e. The van der Waals surface area contributed by atoms with Gasteiger partial charge in [0.15, 0.2) is 0 Å². The predicted octanol–water partition coefficient (Wildman–Crippen LogP) is 0.807. The van der Waals surface area contributed by atoms with Gasteiger partial charge in [0.1, 0.15) is 0 Å². The van der Waals surface area contributed by atoms with Gasteiger partial charge in [-0.25, -0.2) is 0 Å². The molecule has 1 amide bonds. The number of nitrogens with one attached hydrogen (secondary N) is 1. The normalized spacial score (nSPS) is 17.3. The fourth-order valence-corrected chi connectivity index (χ4v) is 2.38. The number of amides is 1. The molecule has 5 heteroatoms. The number of nitrogen functional groups attached to an aromatic ring is 1. The van der Waals surface area contributed by atoms with Gasteiger partial charge < -0.3 is 16.0 Å². The molecule has 104 valence electrons. The first-order valence-corrected chi connectivity index (χ1v) is 6.89. The zero-order valence-electron chi connectivity index (χ0n) is 11.4. The topological polar surface area (TPSA) is 71.2 Å². The van der Waals surface area contributed by atoms with E-state index in [1.165, 1.54) is 0 Å². The number of nitrogens with two attached hydrogens (primary N) is 1. The lowest BCUT2D eigenvalue weighted by molar-refractivity contribution is -0.121. The van der Waals surface area contributed by atoms with Gasteiger partial charge in [0.25, 0.3) is 0 Å². The van der Waals surface area contributed by atoms with Crippen LogP contribution < -0.4 is 11.1 Å². The molecule has 0 bridgehead atoms. The summed E-state index contributed by atoms with van der Waals surface area (Å²) in [5.74, 6) is 0.0484. The van der Waals surface area contributed by atoms with Crippen molar-refractivity contribution in [3.63, 3.8) is 0 Å². The van der Waals surface area contributed by atoms with Gasteiger partial charge in [-0.15, -0.1) is 0 Å². The highest BCUT2D eigenvalue weighted by molar-refractivity contribution is 5.78. The van der Waals surface area contributed by atoms with E-state index in [2.05, 4.69) is 22.1 Å². The van der Waals surface area contributed by atoms with Crippen LogP contribution in [0.2, 0.25) is 0 Å². The van der Waals surface area contributed by atoms with E-state index in [-0.39, 0.29) is 5.91 Å².